The lowest BCUT2D eigenvalue weighted by molar-refractivity contribution is 0.348. The van der Waals surface area contributed by atoms with Crippen molar-refractivity contribution in [1.82, 2.24) is 5.43 Å². The zero-order chi connectivity index (χ0) is 12.4. The van der Waals surface area contributed by atoms with E-state index in [4.69, 9.17) is 5.84 Å². The maximum atomic E-state index is 14.0. The lowest BCUT2D eigenvalue weighted by Gasteiger charge is -2.24. The Morgan fingerprint density at radius 1 is 1.29 bits per heavy atom. The van der Waals surface area contributed by atoms with Crippen LogP contribution < -0.4 is 11.3 Å². The van der Waals surface area contributed by atoms with Gasteiger partial charge in [0, 0.05) is 5.56 Å². The highest BCUT2D eigenvalue weighted by molar-refractivity contribution is 5.29. The molecular formula is C13H18F2N2. The van der Waals surface area contributed by atoms with Gasteiger partial charge >= 0.3 is 0 Å². The SMILES string of the molecule is Cc1ccc(F)c(C(NN)C2CCCC2)c1F. The summed E-state index contributed by atoms with van der Waals surface area (Å²) in [5.41, 5.74) is 3.14. The molecule has 0 aliphatic heterocycles. The fourth-order valence-corrected chi connectivity index (χ4v) is 2.71. The minimum atomic E-state index is -0.511. The highest BCUT2D eigenvalue weighted by Gasteiger charge is 2.30. The molecule has 1 aromatic carbocycles. The standard InChI is InChI=1S/C13H18F2N2/c1-8-6-7-10(14)11(12(8)15)13(17-16)9-4-2-3-5-9/h6-7,9,13,17H,2-5,16H2,1H3. The highest BCUT2D eigenvalue weighted by Crippen LogP contribution is 2.37. The summed E-state index contributed by atoms with van der Waals surface area (Å²) in [4.78, 5) is 0. The predicted molar refractivity (Wildman–Crippen MR) is 63.1 cm³/mol. The normalized spacial score (nSPS) is 18.6. The lowest BCUT2D eigenvalue weighted by Crippen LogP contribution is -2.34. The molecule has 17 heavy (non-hydrogen) atoms. The van der Waals surface area contributed by atoms with Gasteiger partial charge in [-0.25, -0.2) is 8.78 Å². The quantitative estimate of drug-likeness (QED) is 0.629. The van der Waals surface area contributed by atoms with Gasteiger partial charge in [0.05, 0.1) is 6.04 Å². The van der Waals surface area contributed by atoms with Crippen LogP contribution >= 0.6 is 0 Å². The monoisotopic (exact) mass is 240 g/mol. The molecule has 94 valence electrons. The van der Waals surface area contributed by atoms with Crippen molar-refractivity contribution in [3.8, 4) is 0 Å². The van der Waals surface area contributed by atoms with Gasteiger partial charge in [-0.15, -0.1) is 0 Å². The van der Waals surface area contributed by atoms with Crippen LogP contribution in [0.2, 0.25) is 0 Å². The Kier molecular flexibility index (Phi) is 3.74. The van der Waals surface area contributed by atoms with Crippen molar-refractivity contribution in [2.24, 2.45) is 11.8 Å². The van der Waals surface area contributed by atoms with Crippen LogP contribution in [0, 0.1) is 24.5 Å². The van der Waals surface area contributed by atoms with Gasteiger partial charge in [0.1, 0.15) is 11.6 Å². The van der Waals surface area contributed by atoms with Gasteiger partial charge in [-0.2, -0.15) is 0 Å². The fraction of sp³-hybridized carbons (Fsp3) is 0.538. The van der Waals surface area contributed by atoms with Gasteiger partial charge in [-0.05, 0) is 37.3 Å². The molecule has 0 heterocycles. The minimum absolute atomic E-state index is 0.0967. The van der Waals surface area contributed by atoms with E-state index < -0.39 is 17.7 Å². The van der Waals surface area contributed by atoms with Crippen molar-refractivity contribution < 1.29 is 8.78 Å². The number of halogens is 2. The number of benzene rings is 1. The van der Waals surface area contributed by atoms with E-state index in [-0.39, 0.29) is 11.5 Å². The van der Waals surface area contributed by atoms with E-state index in [2.05, 4.69) is 5.43 Å². The summed E-state index contributed by atoms with van der Waals surface area (Å²) >= 11 is 0. The van der Waals surface area contributed by atoms with Crippen LogP contribution in [0.5, 0.6) is 0 Å². The van der Waals surface area contributed by atoms with Crippen molar-refractivity contribution in [3.05, 3.63) is 34.9 Å². The minimum Gasteiger partial charge on any atom is -0.271 e. The zero-order valence-corrected chi connectivity index (χ0v) is 9.97. The van der Waals surface area contributed by atoms with E-state index in [1.165, 1.54) is 12.1 Å². The molecule has 1 unspecified atom stereocenters. The first-order valence-corrected chi connectivity index (χ1v) is 6.05. The molecule has 1 saturated carbocycles. The van der Waals surface area contributed by atoms with Crippen molar-refractivity contribution >= 4 is 0 Å². The van der Waals surface area contributed by atoms with Crippen molar-refractivity contribution in [2.75, 3.05) is 0 Å². The van der Waals surface area contributed by atoms with Gasteiger partial charge < -0.3 is 0 Å². The molecule has 1 atom stereocenters. The van der Waals surface area contributed by atoms with Gasteiger partial charge in [0.2, 0.25) is 0 Å². The van der Waals surface area contributed by atoms with E-state index in [9.17, 15) is 8.78 Å². The van der Waals surface area contributed by atoms with E-state index in [0.717, 1.165) is 25.7 Å². The summed E-state index contributed by atoms with van der Waals surface area (Å²) in [7, 11) is 0. The van der Waals surface area contributed by atoms with Crippen LogP contribution in [0.25, 0.3) is 0 Å². The van der Waals surface area contributed by atoms with E-state index in [0.29, 0.717) is 5.56 Å². The number of hydrazine groups is 1. The molecule has 1 aliphatic rings. The Morgan fingerprint density at radius 3 is 2.53 bits per heavy atom. The van der Waals surface area contributed by atoms with E-state index >= 15 is 0 Å². The van der Waals surface area contributed by atoms with Crippen LogP contribution in [-0.2, 0) is 0 Å². The maximum Gasteiger partial charge on any atom is 0.133 e. The smallest absolute Gasteiger partial charge is 0.133 e. The molecule has 4 heteroatoms. The third kappa shape index (κ3) is 2.33. The maximum absolute atomic E-state index is 14.0. The molecule has 0 amide bonds. The second kappa shape index (κ2) is 5.10. The average molecular weight is 240 g/mol. The Hall–Kier alpha value is -1.00. The largest absolute Gasteiger partial charge is 0.271 e. The fourth-order valence-electron chi connectivity index (χ4n) is 2.71. The number of rotatable bonds is 3. The Labute approximate surface area is 100 Å². The second-order valence-corrected chi connectivity index (χ2v) is 4.78. The third-order valence-electron chi connectivity index (χ3n) is 3.68. The molecule has 2 nitrogen and oxygen atoms in total. The number of hydrogen-bond acceptors (Lipinski definition) is 2. The second-order valence-electron chi connectivity index (χ2n) is 4.78. The first-order chi connectivity index (χ1) is 8.15. The van der Waals surface area contributed by atoms with Crippen LogP contribution in [0.15, 0.2) is 12.1 Å². The molecule has 1 aromatic rings. The highest BCUT2D eigenvalue weighted by atomic mass is 19.1. The van der Waals surface area contributed by atoms with Crippen molar-refractivity contribution in [2.45, 2.75) is 38.6 Å². The van der Waals surface area contributed by atoms with Crippen molar-refractivity contribution in [3.63, 3.8) is 0 Å². The topological polar surface area (TPSA) is 38.0 Å². The molecular weight excluding hydrogens is 222 g/mol. The molecule has 1 fully saturated rings. The Bertz CT molecular complexity index is 401. The first kappa shape index (κ1) is 12.5. The van der Waals surface area contributed by atoms with Crippen LogP contribution in [-0.4, -0.2) is 0 Å². The molecule has 1 aliphatic carbocycles. The Balaban J connectivity index is 2.39. The summed E-state index contributed by atoms with van der Waals surface area (Å²) in [5.74, 6) is 4.73. The average Bonchev–Trinajstić information content (AvgIpc) is 2.83. The van der Waals surface area contributed by atoms with E-state index in [1.54, 1.807) is 6.92 Å². The predicted octanol–water partition coefficient (Wildman–Crippen LogP) is 2.97. The lowest BCUT2D eigenvalue weighted by atomic mass is 9.90. The summed E-state index contributed by atoms with van der Waals surface area (Å²) in [6.07, 6.45) is 4.17. The third-order valence-corrected chi connectivity index (χ3v) is 3.68. The zero-order valence-electron chi connectivity index (χ0n) is 9.97. The van der Waals surface area contributed by atoms with Gasteiger partial charge in [0.25, 0.3) is 0 Å². The molecule has 0 radical (unpaired) electrons. The Morgan fingerprint density at radius 2 is 1.94 bits per heavy atom. The van der Waals surface area contributed by atoms with Crippen LogP contribution in [0.1, 0.15) is 42.9 Å². The summed E-state index contributed by atoms with van der Waals surface area (Å²) in [6.45, 7) is 1.64. The first-order valence-electron chi connectivity index (χ1n) is 6.05. The van der Waals surface area contributed by atoms with Gasteiger partial charge in [-0.3, -0.25) is 11.3 Å². The van der Waals surface area contributed by atoms with Crippen LogP contribution in [0.4, 0.5) is 8.78 Å². The molecule has 0 saturated heterocycles. The summed E-state index contributed by atoms with van der Waals surface area (Å²) < 4.78 is 27.8. The van der Waals surface area contributed by atoms with Crippen molar-refractivity contribution in [1.29, 1.82) is 0 Å². The van der Waals surface area contributed by atoms with Crippen LogP contribution in [0.3, 0.4) is 0 Å². The molecule has 2 rings (SSSR count). The van der Waals surface area contributed by atoms with Gasteiger partial charge in [0.15, 0.2) is 0 Å². The number of hydrogen-bond donors (Lipinski definition) is 2. The molecule has 3 N–H and O–H groups in total. The van der Waals surface area contributed by atoms with Gasteiger partial charge in [-0.1, -0.05) is 18.9 Å². The molecule has 0 spiro atoms. The number of aryl methyl sites for hydroxylation is 1. The molecule has 0 aromatic heterocycles. The number of nitrogens with one attached hydrogen (secondary N) is 1. The molecule has 0 bridgehead atoms. The summed E-state index contributed by atoms with van der Waals surface area (Å²) in [5, 5.41) is 0. The summed E-state index contributed by atoms with van der Waals surface area (Å²) in [6, 6.07) is 2.35. The number of nitrogens with two attached hydrogens (primary N) is 1. The van der Waals surface area contributed by atoms with E-state index in [1.807, 2.05) is 0 Å².